The molecule has 1 heterocycles. The zero-order valence-electron chi connectivity index (χ0n) is 16.6. The van der Waals surface area contributed by atoms with Crippen molar-refractivity contribution in [2.45, 2.75) is 71.1 Å². The van der Waals surface area contributed by atoms with Crippen LogP contribution in [0.25, 0.3) is 0 Å². The van der Waals surface area contributed by atoms with E-state index in [0.717, 1.165) is 26.1 Å². The number of fused-ring (bicyclic) bond motifs is 1. The van der Waals surface area contributed by atoms with Crippen LogP contribution in [0.1, 0.15) is 57.1 Å². The second-order valence-corrected chi connectivity index (χ2v) is 7.61. The molecule has 1 amide bonds. The number of rotatable bonds is 7. The van der Waals surface area contributed by atoms with E-state index in [4.69, 9.17) is 0 Å². The number of hydrogen-bond acceptors (Lipinski definition) is 3. The summed E-state index contributed by atoms with van der Waals surface area (Å²) in [6, 6.07) is 9.18. The van der Waals surface area contributed by atoms with E-state index < -0.39 is 0 Å². The number of benzene rings is 1. The van der Waals surface area contributed by atoms with Crippen LogP contribution in [-0.4, -0.2) is 36.0 Å². The van der Waals surface area contributed by atoms with Gasteiger partial charge in [0.1, 0.15) is 0 Å². The summed E-state index contributed by atoms with van der Waals surface area (Å²) in [5, 5.41) is 6.71. The molecule has 2 aliphatic rings. The van der Waals surface area contributed by atoms with Crippen molar-refractivity contribution in [3.05, 3.63) is 35.4 Å². The van der Waals surface area contributed by atoms with E-state index >= 15 is 0 Å². The van der Waals surface area contributed by atoms with E-state index in [9.17, 15) is 4.79 Å². The second-order valence-electron chi connectivity index (χ2n) is 7.61. The minimum Gasteiger partial charge on any atom is -0.351 e. The van der Waals surface area contributed by atoms with Crippen LogP contribution in [0.3, 0.4) is 0 Å². The Labute approximate surface area is 176 Å². The van der Waals surface area contributed by atoms with Gasteiger partial charge in [0.15, 0.2) is 0 Å². The molecule has 2 fully saturated rings. The van der Waals surface area contributed by atoms with Gasteiger partial charge in [-0.05, 0) is 49.4 Å². The number of carbonyl (C=O) groups is 1. The highest BCUT2D eigenvalue weighted by atomic mass is 35.5. The smallest absolute Gasteiger partial charge is 0.237 e. The lowest BCUT2D eigenvalue weighted by Gasteiger charge is -2.24. The lowest BCUT2D eigenvalue weighted by Crippen LogP contribution is -2.42. The van der Waals surface area contributed by atoms with Crippen LogP contribution in [0.4, 0.5) is 0 Å². The summed E-state index contributed by atoms with van der Waals surface area (Å²) in [6.07, 6.45) is 6.17. The average molecular weight is 416 g/mol. The van der Waals surface area contributed by atoms with Gasteiger partial charge in [0.05, 0.1) is 6.04 Å². The number of hydrogen-bond donors (Lipinski definition) is 2. The minimum absolute atomic E-state index is 0. The molecule has 0 spiro atoms. The summed E-state index contributed by atoms with van der Waals surface area (Å²) in [5.41, 5.74) is 2.51. The maximum atomic E-state index is 12.5. The molecule has 3 atom stereocenters. The van der Waals surface area contributed by atoms with Gasteiger partial charge in [0.2, 0.25) is 5.91 Å². The Kier molecular flexibility index (Phi) is 10.7. The number of halogens is 2. The summed E-state index contributed by atoms with van der Waals surface area (Å²) >= 11 is 0. The molecule has 0 aromatic heterocycles. The maximum Gasteiger partial charge on any atom is 0.237 e. The molecule has 154 valence electrons. The van der Waals surface area contributed by atoms with Gasteiger partial charge >= 0.3 is 0 Å². The molecule has 6 heteroatoms. The number of nitrogens with zero attached hydrogens (tertiary/aromatic N) is 1. The van der Waals surface area contributed by atoms with E-state index in [2.05, 4.69) is 53.6 Å². The molecule has 3 unspecified atom stereocenters. The second kappa shape index (κ2) is 11.9. The van der Waals surface area contributed by atoms with Crippen LogP contribution in [0, 0.1) is 5.92 Å². The number of carbonyl (C=O) groups excluding carboxylic acids is 1. The minimum atomic E-state index is 0. The lowest BCUT2D eigenvalue weighted by atomic mass is 9.85. The van der Waals surface area contributed by atoms with E-state index in [0.29, 0.717) is 18.5 Å². The van der Waals surface area contributed by atoms with E-state index in [1.165, 1.54) is 36.8 Å². The van der Waals surface area contributed by atoms with Crippen LogP contribution in [0.5, 0.6) is 0 Å². The van der Waals surface area contributed by atoms with Crippen molar-refractivity contribution in [1.82, 2.24) is 15.5 Å². The SMILES string of the molecule is CCN(CC)Cc1cccc(CNC(=O)C2CC3CCCCC3N2)c1.Cl.Cl. The quantitative estimate of drug-likeness (QED) is 0.709. The van der Waals surface area contributed by atoms with Crippen molar-refractivity contribution in [3.63, 3.8) is 0 Å². The molecule has 3 rings (SSSR count). The predicted molar refractivity (Wildman–Crippen MR) is 117 cm³/mol. The van der Waals surface area contributed by atoms with Crippen LogP contribution < -0.4 is 10.6 Å². The monoisotopic (exact) mass is 415 g/mol. The Morgan fingerprint density at radius 3 is 2.56 bits per heavy atom. The van der Waals surface area contributed by atoms with Gasteiger partial charge in [0.25, 0.3) is 0 Å². The maximum absolute atomic E-state index is 12.5. The highest BCUT2D eigenvalue weighted by Gasteiger charge is 2.37. The Morgan fingerprint density at radius 1 is 1.15 bits per heavy atom. The fourth-order valence-electron chi connectivity index (χ4n) is 4.38. The van der Waals surface area contributed by atoms with Gasteiger partial charge < -0.3 is 10.6 Å². The molecule has 1 aliphatic heterocycles. The fourth-order valence-corrected chi connectivity index (χ4v) is 4.38. The number of amides is 1. The molecule has 0 radical (unpaired) electrons. The lowest BCUT2D eigenvalue weighted by molar-refractivity contribution is -0.123. The first kappa shape index (κ1) is 24.2. The van der Waals surface area contributed by atoms with E-state index in [1.807, 2.05) is 0 Å². The van der Waals surface area contributed by atoms with Gasteiger partial charge in [-0.15, -0.1) is 24.8 Å². The summed E-state index contributed by atoms with van der Waals surface area (Å²) in [7, 11) is 0. The first-order valence-electron chi connectivity index (χ1n) is 10.0. The van der Waals surface area contributed by atoms with Crippen LogP contribution in [-0.2, 0) is 17.9 Å². The van der Waals surface area contributed by atoms with Gasteiger partial charge in [0, 0.05) is 19.1 Å². The van der Waals surface area contributed by atoms with Crippen molar-refractivity contribution in [3.8, 4) is 0 Å². The summed E-state index contributed by atoms with van der Waals surface area (Å²) in [5.74, 6) is 0.880. The molecule has 27 heavy (non-hydrogen) atoms. The average Bonchev–Trinajstić information content (AvgIpc) is 3.09. The fraction of sp³-hybridized carbons (Fsp3) is 0.667. The van der Waals surface area contributed by atoms with E-state index in [-0.39, 0.29) is 36.8 Å². The first-order chi connectivity index (χ1) is 12.2. The molecule has 0 bridgehead atoms. The van der Waals surface area contributed by atoms with Crippen LogP contribution in [0.15, 0.2) is 24.3 Å². The standard InChI is InChI=1S/C21H33N3O.2ClH/c1-3-24(4-2)15-17-9-7-8-16(12-17)14-22-21(25)20-13-18-10-5-6-11-19(18)23-20;;/h7-9,12,18-20,23H,3-6,10-11,13-15H2,1-2H3,(H,22,25);2*1H. The number of nitrogens with one attached hydrogen (secondary N) is 2. The van der Waals surface area contributed by atoms with Crippen molar-refractivity contribution in [1.29, 1.82) is 0 Å². The summed E-state index contributed by atoms with van der Waals surface area (Å²) in [6.45, 7) is 8.11. The zero-order chi connectivity index (χ0) is 17.6. The molecule has 1 saturated carbocycles. The third-order valence-corrected chi connectivity index (χ3v) is 5.94. The van der Waals surface area contributed by atoms with Gasteiger partial charge in [-0.1, -0.05) is 51.0 Å². The molecule has 1 aromatic carbocycles. The molecule has 2 N–H and O–H groups in total. The summed E-state index contributed by atoms with van der Waals surface area (Å²) < 4.78 is 0. The van der Waals surface area contributed by atoms with Gasteiger partial charge in [-0.2, -0.15) is 0 Å². The summed E-state index contributed by atoms with van der Waals surface area (Å²) in [4.78, 5) is 14.9. The van der Waals surface area contributed by atoms with Crippen molar-refractivity contribution >= 4 is 30.7 Å². The van der Waals surface area contributed by atoms with Crippen LogP contribution >= 0.6 is 24.8 Å². The molecule has 1 saturated heterocycles. The zero-order valence-corrected chi connectivity index (χ0v) is 18.2. The molecule has 1 aliphatic carbocycles. The third-order valence-electron chi connectivity index (χ3n) is 5.94. The molecular formula is C21H35Cl2N3O. The van der Waals surface area contributed by atoms with Gasteiger partial charge in [-0.3, -0.25) is 9.69 Å². The Bertz CT molecular complexity index is 566. The normalized spacial score (nSPS) is 23.9. The van der Waals surface area contributed by atoms with Crippen molar-refractivity contribution < 1.29 is 4.79 Å². The topological polar surface area (TPSA) is 44.4 Å². The molecular weight excluding hydrogens is 381 g/mol. The molecule has 1 aromatic rings. The Balaban J connectivity index is 0.00000182. The predicted octanol–water partition coefficient (Wildman–Crippen LogP) is 3.91. The Hall–Kier alpha value is -0.810. The van der Waals surface area contributed by atoms with Crippen LogP contribution in [0.2, 0.25) is 0 Å². The highest BCUT2D eigenvalue weighted by Crippen LogP contribution is 2.33. The Morgan fingerprint density at radius 2 is 1.85 bits per heavy atom. The highest BCUT2D eigenvalue weighted by molar-refractivity contribution is 5.85. The largest absolute Gasteiger partial charge is 0.351 e. The third kappa shape index (κ3) is 6.63. The van der Waals surface area contributed by atoms with Crippen molar-refractivity contribution in [2.24, 2.45) is 5.92 Å². The first-order valence-corrected chi connectivity index (χ1v) is 10.0. The molecule has 4 nitrogen and oxygen atoms in total. The van der Waals surface area contributed by atoms with Crippen molar-refractivity contribution in [2.75, 3.05) is 13.1 Å². The van der Waals surface area contributed by atoms with Gasteiger partial charge in [-0.25, -0.2) is 0 Å². The van der Waals surface area contributed by atoms with E-state index in [1.54, 1.807) is 0 Å².